The minimum absolute atomic E-state index is 0.0872. The Balaban J connectivity index is 2.60. The number of nitrogens with one attached hydrogen (secondary N) is 2. The van der Waals surface area contributed by atoms with Crippen molar-refractivity contribution in [2.45, 2.75) is 12.8 Å². The maximum absolute atomic E-state index is 12.8. The van der Waals surface area contributed by atoms with Crippen molar-refractivity contribution in [2.24, 2.45) is 0 Å². The van der Waals surface area contributed by atoms with Crippen molar-refractivity contribution >= 4 is 11.6 Å². The number of hydrogen-bond donors (Lipinski definition) is 2. The molecule has 1 amide bonds. The predicted octanol–water partition coefficient (Wildman–Crippen LogP) is 2.04. The van der Waals surface area contributed by atoms with E-state index in [9.17, 15) is 18.0 Å². The smallest absolute Gasteiger partial charge is 0.224 e. The SMILES string of the molecule is CNCCCC(=O)Nc1cc(F)c(F)c(F)c1. The Kier molecular flexibility index (Phi) is 4.96. The molecule has 1 aromatic carbocycles. The molecule has 0 aliphatic carbocycles. The molecule has 17 heavy (non-hydrogen) atoms. The molecule has 0 aromatic heterocycles. The first kappa shape index (κ1) is 13.5. The van der Waals surface area contributed by atoms with Crippen LogP contribution in [0.3, 0.4) is 0 Å². The average molecular weight is 246 g/mol. The number of halogens is 3. The van der Waals surface area contributed by atoms with Gasteiger partial charge < -0.3 is 10.6 Å². The molecule has 0 aliphatic heterocycles. The summed E-state index contributed by atoms with van der Waals surface area (Å²) in [6, 6.07) is 1.49. The first-order valence-corrected chi connectivity index (χ1v) is 5.13. The van der Waals surface area contributed by atoms with Gasteiger partial charge in [0, 0.05) is 24.2 Å². The van der Waals surface area contributed by atoms with Crippen LogP contribution in [0.2, 0.25) is 0 Å². The molecule has 6 heteroatoms. The summed E-state index contributed by atoms with van der Waals surface area (Å²) in [5, 5.41) is 5.16. The van der Waals surface area contributed by atoms with Crippen LogP contribution in [-0.2, 0) is 4.79 Å². The fourth-order valence-electron chi connectivity index (χ4n) is 1.28. The summed E-state index contributed by atoms with van der Waals surface area (Å²) in [5.74, 6) is -4.56. The van der Waals surface area contributed by atoms with Gasteiger partial charge in [0.1, 0.15) is 0 Å². The van der Waals surface area contributed by atoms with E-state index in [1.165, 1.54) is 0 Å². The molecule has 0 saturated heterocycles. The molecule has 3 nitrogen and oxygen atoms in total. The second-order valence-corrected chi connectivity index (χ2v) is 3.51. The zero-order chi connectivity index (χ0) is 12.8. The lowest BCUT2D eigenvalue weighted by Gasteiger charge is -2.06. The molecule has 1 aromatic rings. The van der Waals surface area contributed by atoms with E-state index in [-0.39, 0.29) is 18.0 Å². The molecule has 0 bridgehead atoms. The summed E-state index contributed by atoms with van der Waals surface area (Å²) in [6.45, 7) is 0.666. The Morgan fingerprint density at radius 3 is 2.35 bits per heavy atom. The van der Waals surface area contributed by atoms with Crippen molar-refractivity contribution in [3.8, 4) is 0 Å². The van der Waals surface area contributed by atoms with Crippen LogP contribution in [0.15, 0.2) is 12.1 Å². The number of anilines is 1. The number of rotatable bonds is 5. The zero-order valence-electron chi connectivity index (χ0n) is 9.32. The molecule has 0 fully saturated rings. The molecule has 0 saturated carbocycles. The van der Waals surface area contributed by atoms with E-state index < -0.39 is 17.5 Å². The fraction of sp³-hybridized carbons (Fsp3) is 0.364. The van der Waals surface area contributed by atoms with E-state index in [4.69, 9.17) is 0 Å². The molecule has 0 radical (unpaired) electrons. The number of carbonyl (C=O) groups excluding carboxylic acids is 1. The molecular formula is C11H13F3N2O. The largest absolute Gasteiger partial charge is 0.326 e. The summed E-state index contributed by atoms with van der Waals surface area (Å²) in [4.78, 5) is 11.3. The van der Waals surface area contributed by atoms with Crippen LogP contribution in [0, 0.1) is 17.5 Å². The molecule has 0 spiro atoms. The van der Waals surface area contributed by atoms with Gasteiger partial charge in [-0.25, -0.2) is 13.2 Å². The molecule has 0 heterocycles. The van der Waals surface area contributed by atoms with Crippen LogP contribution in [0.5, 0.6) is 0 Å². The minimum atomic E-state index is -1.54. The van der Waals surface area contributed by atoms with Gasteiger partial charge in [0.25, 0.3) is 0 Å². The number of carbonyl (C=O) groups is 1. The summed E-state index contributed by atoms with van der Waals surface area (Å²) < 4.78 is 38.3. The third-order valence-corrected chi connectivity index (χ3v) is 2.10. The highest BCUT2D eigenvalue weighted by Crippen LogP contribution is 2.17. The molecule has 0 aliphatic rings. The summed E-state index contributed by atoms with van der Waals surface area (Å²) >= 11 is 0. The highest BCUT2D eigenvalue weighted by Gasteiger charge is 2.11. The monoisotopic (exact) mass is 246 g/mol. The van der Waals surface area contributed by atoms with Gasteiger partial charge in [-0.05, 0) is 20.0 Å². The lowest BCUT2D eigenvalue weighted by molar-refractivity contribution is -0.116. The van der Waals surface area contributed by atoms with Crippen LogP contribution in [0.25, 0.3) is 0 Å². The van der Waals surface area contributed by atoms with Gasteiger partial charge in [-0.15, -0.1) is 0 Å². The molecule has 94 valence electrons. The van der Waals surface area contributed by atoms with Gasteiger partial charge in [0.05, 0.1) is 0 Å². The summed E-state index contributed by atoms with van der Waals surface area (Å²) in [7, 11) is 1.75. The number of benzene rings is 1. The Morgan fingerprint density at radius 2 is 1.82 bits per heavy atom. The number of hydrogen-bond acceptors (Lipinski definition) is 2. The van der Waals surface area contributed by atoms with E-state index in [0.29, 0.717) is 13.0 Å². The summed E-state index contributed by atoms with van der Waals surface area (Å²) in [6.07, 6.45) is 0.829. The van der Waals surface area contributed by atoms with Crippen molar-refractivity contribution < 1.29 is 18.0 Å². The lowest BCUT2D eigenvalue weighted by atomic mass is 10.2. The zero-order valence-corrected chi connectivity index (χ0v) is 9.32. The predicted molar refractivity (Wildman–Crippen MR) is 58.1 cm³/mol. The lowest BCUT2D eigenvalue weighted by Crippen LogP contribution is -2.15. The topological polar surface area (TPSA) is 41.1 Å². The van der Waals surface area contributed by atoms with E-state index in [1.54, 1.807) is 7.05 Å². The van der Waals surface area contributed by atoms with Gasteiger partial charge >= 0.3 is 0 Å². The second kappa shape index (κ2) is 6.24. The molecule has 1 rings (SSSR count). The van der Waals surface area contributed by atoms with Crippen LogP contribution < -0.4 is 10.6 Å². The third kappa shape index (κ3) is 4.07. The number of amides is 1. The van der Waals surface area contributed by atoms with E-state index in [1.807, 2.05) is 0 Å². The standard InChI is InChI=1S/C11H13F3N2O/c1-15-4-2-3-10(17)16-7-5-8(12)11(14)9(13)6-7/h5-6,15H,2-4H2,1H3,(H,16,17). The minimum Gasteiger partial charge on any atom is -0.326 e. The van der Waals surface area contributed by atoms with E-state index in [0.717, 1.165) is 12.1 Å². The van der Waals surface area contributed by atoms with E-state index >= 15 is 0 Å². The highest BCUT2D eigenvalue weighted by atomic mass is 19.2. The van der Waals surface area contributed by atoms with E-state index in [2.05, 4.69) is 10.6 Å². The maximum Gasteiger partial charge on any atom is 0.224 e. The van der Waals surface area contributed by atoms with Gasteiger partial charge in [-0.2, -0.15) is 0 Å². The van der Waals surface area contributed by atoms with Crippen molar-refractivity contribution in [1.82, 2.24) is 5.32 Å². The Labute approximate surface area is 97.0 Å². The Hall–Kier alpha value is -1.56. The highest BCUT2D eigenvalue weighted by molar-refractivity contribution is 5.90. The molecule has 0 atom stereocenters. The fourth-order valence-corrected chi connectivity index (χ4v) is 1.28. The van der Waals surface area contributed by atoms with Gasteiger partial charge in [0.2, 0.25) is 5.91 Å². The van der Waals surface area contributed by atoms with Gasteiger partial charge in [0.15, 0.2) is 17.5 Å². The van der Waals surface area contributed by atoms with Crippen molar-refractivity contribution in [1.29, 1.82) is 0 Å². The van der Waals surface area contributed by atoms with Crippen LogP contribution in [-0.4, -0.2) is 19.5 Å². The Bertz CT molecular complexity index is 387. The van der Waals surface area contributed by atoms with Gasteiger partial charge in [-0.1, -0.05) is 0 Å². The van der Waals surface area contributed by atoms with Crippen molar-refractivity contribution in [2.75, 3.05) is 18.9 Å². The molecule has 2 N–H and O–H groups in total. The maximum atomic E-state index is 12.8. The van der Waals surface area contributed by atoms with Gasteiger partial charge in [-0.3, -0.25) is 4.79 Å². The van der Waals surface area contributed by atoms with Crippen LogP contribution >= 0.6 is 0 Å². The van der Waals surface area contributed by atoms with Crippen molar-refractivity contribution in [3.05, 3.63) is 29.6 Å². The normalized spacial score (nSPS) is 10.4. The van der Waals surface area contributed by atoms with Crippen molar-refractivity contribution in [3.63, 3.8) is 0 Å². The molecular weight excluding hydrogens is 233 g/mol. The quantitative estimate of drug-likeness (QED) is 0.616. The Morgan fingerprint density at radius 1 is 1.24 bits per heavy atom. The van der Waals surface area contributed by atoms with Crippen LogP contribution in [0.4, 0.5) is 18.9 Å². The first-order valence-electron chi connectivity index (χ1n) is 5.13. The average Bonchev–Trinajstić information content (AvgIpc) is 2.26. The first-order chi connectivity index (χ1) is 8.04. The molecule has 0 unspecified atom stereocenters. The third-order valence-electron chi connectivity index (χ3n) is 2.10. The second-order valence-electron chi connectivity index (χ2n) is 3.51. The summed E-state index contributed by atoms with van der Waals surface area (Å²) in [5.41, 5.74) is -0.0872. The van der Waals surface area contributed by atoms with Crippen LogP contribution in [0.1, 0.15) is 12.8 Å².